The molecule has 1 amide bonds. The van der Waals surface area contributed by atoms with Crippen LogP contribution in [0.4, 0.5) is 20.3 Å². The molecule has 8 nitrogen and oxygen atoms in total. The van der Waals surface area contributed by atoms with E-state index in [0.29, 0.717) is 28.6 Å². The molecule has 0 saturated heterocycles. The molecule has 4 aromatic rings. The van der Waals surface area contributed by atoms with Crippen molar-refractivity contribution in [3.63, 3.8) is 0 Å². The van der Waals surface area contributed by atoms with Crippen molar-refractivity contribution in [2.75, 3.05) is 26.6 Å². The fourth-order valence-electron chi connectivity index (χ4n) is 4.30. The molecule has 1 N–H and O–H groups in total. The van der Waals surface area contributed by atoms with Gasteiger partial charge in [0.1, 0.15) is 40.3 Å². The van der Waals surface area contributed by atoms with E-state index in [1.165, 1.54) is 13.2 Å². The lowest BCUT2D eigenvalue weighted by Gasteiger charge is -2.18. The standard InChI is InChI=1S/C28H24F2N4O4.C2H6/c1-36-18-11-8-17(9-12-18)31-27-25-22(32-26(33-27)24-20(29)5-4-6-21(24)30)15-34(28(25)35)14-16-7-10-19(37-2)13-23(16)38-3;1-2/h4-13H,14-15H2,1-3H3,(H,31,32,33);1-2H3. The third-order valence-electron chi connectivity index (χ3n) is 6.22. The molecule has 0 fully saturated rings. The summed E-state index contributed by atoms with van der Waals surface area (Å²) >= 11 is 0. The van der Waals surface area contributed by atoms with Crippen molar-refractivity contribution in [2.45, 2.75) is 26.9 Å². The van der Waals surface area contributed by atoms with Crippen LogP contribution in [0.2, 0.25) is 0 Å². The van der Waals surface area contributed by atoms with Crippen molar-refractivity contribution in [3.05, 3.63) is 89.1 Å². The maximum absolute atomic E-state index is 14.7. The number of methoxy groups -OCH3 is 3. The number of hydrogen-bond acceptors (Lipinski definition) is 7. The zero-order valence-corrected chi connectivity index (χ0v) is 22.9. The summed E-state index contributed by atoms with van der Waals surface area (Å²) in [5.41, 5.74) is 1.58. The molecule has 0 atom stereocenters. The molecule has 1 aliphatic rings. The quantitative estimate of drug-likeness (QED) is 0.274. The Labute approximate surface area is 231 Å². The molecule has 0 unspecified atom stereocenters. The number of ether oxygens (including phenoxy) is 3. The number of anilines is 2. The van der Waals surface area contributed by atoms with Crippen LogP contribution in [0.3, 0.4) is 0 Å². The van der Waals surface area contributed by atoms with Crippen LogP contribution in [-0.4, -0.2) is 42.1 Å². The van der Waals surface area contributed by atoms with Gasteiger partial charge in [0.05, 0.1) is 45.7 Å². The van der Waals surface area contributed by atoms with Crippen LogP contribution in [0.25, 0.3) is 11.4 Å². The molecule has 10 heteroatoms. The summed E-state index contributed by atoms with van der Waals surface area (Å²) in [6, 6.07) is 15.8. The Kier molecular flexibility index (Phi) is 8.78. The Balaban J connectivity index is 0.00000181. The van der Waals surface area contributed by atoms with Gasteiger partial charge >= 0.3 is 0 Å². The third kappa shape index (κ3) is 5.66. The first-order valence-electron chi connectivity index (χ1n) is 12.7. The molecule has 0 spiro atoms. The van der Waals surface area contributed by atoms with E-state index in [1.54, 1.807) is 55.5 Å². The van der Waals surface area contributed by atoms with Crippen molar-refractivity contribution in [1.82, 2.24) is 14.9 Å². The summed E-state index contributed by atoms with van der Waals surface area (Å²) in [6.45, 7) is 4.33. The Morgan fingerprint density at radius 2 is 1.50 bits per heavy atom. The summed E-state index contributed by atoms with van der Waals surface area (Å²) in [4.78, 5) is 24.0. The first kappa shape index (κ1) is 28.3. The van der Waals surface area contributed by atoms with E-state index in [-0.39, 0.29) is 41.8 Å². The number of fused-ring (bicyclic) bond motifs is 1. The van der Waals surface area contributed by atoms with E-state index < -0.39 is 11.6 Å². The molecule has 5 rings (SSSR count). The van der Waals surface area contributed by atoms with Gasteiger partial charge in [-0.05, 0) is 48.5 Å². The van der Waals surface area contributed by atoms with E-state index in [2.05, 4.69) is 15.3 Å². The summed E-state index contributed by atoms with van der Waals surface area (Å²) in [6.07, 6.45) is 0. The highest BCUT2D eigenvalue weighted by Gasteiger charge is 2.34. The van der Waals surface area contributed by atoms with Gasteiger partial charge in [0.15, 0.2) is 5.82 Å². The van der Waals surface area contributed by atoms with Gasteiger partial charge in [-0.25, -0.2) is 18.7 Å². The fourth-order valence-corrected chi connectivity index (χ4v) is 4.30. The van der Waals surface area contributed by atoms with Crippen molar-refractivity contribution in [1.29, 1.82) is 0 Å². The largest absolute Gasteiger partial charge is 0.497 e. The minimum Gasteiger partial charge on any atom is -0.497 e. The number of carbonyl (C=O) groups excluding carboxylic acids is 1. The number of nitrogens with zero attached hydrogens (tertiary/aromatic N) is 3. The molecule has 0 saturated carbocycles. The van der Waals surface area contributed by atoms with Gasteiger partial charge in [-0.3, -0.25) is 4.79 Å². The highest BCUT2D eigenvalue weighted by Crippen LogP contribution is 2.35. The van der Waals surface area contributed by atoms with E-state index in [0.717, 1.165) is 17.7 Å². The number of halogens is 2. The smallest absolute Gasteiger partial charge is 0.260 e. The van der Waals surface area contributed by atoms with Crippen LogP contribution in [0.5, 0.6) is 17.2 Å². The lowest BCUT2D eigenvalue weighted by atomic mass is 10.1. The van der Waals surface area contributed by atoms with E-state index >= 15 is 0 Å². The third-order valence-corrected chi connectivity index (χ3v) is 6.22. The van der Waals surface area contributed by atoms with Crippen LogP contribution in [0, 0.1) is 11.6 Å². The van der Waals surface area contributed by atoms with Crippen LogP contribution < -0.4 is 19.5 Å². The topological polar surface area (TPSA) is 85.8 Å². The minimum atomic E-state index is -0.801. The molecule has 0 aliphatic carbocycles. The van der Waals surface area contributed by atoms with Crippen molar-refractivity contribution < 1.29 is 27.8 Å². The number of aromatic nitrogens is 2. The predicted molar refractivity (Wildman–Crippen MR) is 148 cm³/mol. The van der Waals surface area contributed by atoms with Crippen LogP contribution in [0.1, 0.15) is 35.5 Å². The van der Waals surface area contributed by atoms with Gasteiger partial charge in [0.25, 0.3) is 5.91 Å². The summed E-state index contributed by atoms with van der Waals surface area (Å²) < 4.78 is 45.3. The van der Waals surface area contributed by atoms with Crippen molar-refractivity contribution in [3.8, 4) is 28.6 Å². The molecule has 3 aromatic carbocycles. The van der Waals surface area contributed by atoms with Crippen LogP contribution in [-0.2, 0) is 13.1 Å². The number of rotatable bonds is 8. The van der Waals surface area contributed by atoms with Gasteiger partial charge in [-0.2, -0.15) is 0 Å². The number of benzene rings is 3. The molecular formula is C30H30F2N4O4. The molecule has 2 heterocycles. The molecule has 40 heavy (non-hydrogen) atoms. The first-order chi connectivity index (χ1) is 19.4. The van der Waals surface area contributed by atoms with Crippen molar-refractivity contribution in [2.24, 2.45) is 0 Å². The average molecular weight is 549 g/mol. The average Bonchev–Trinajstić information content (AvgIpc) is 3.29. The highest BCUT2D eigenvalue weighted by atomic mass is 19.1. The van der Waals surface area contributed by atoms with Gasteiger partial charge in [0, 0.05) is 17.3 Å². The maximum Gasteiger partial charge on any atom is 0.260 e. The molecule has 1 aromatic heterocycles. The Hall–Kier alpha value is -4.73. The van der Waals surface area contributed by atoms with Gasteiger partial charge in [-0.1, -0.05) is 19.9 Å². The van der Waals surface area contributed by atoms with E-state index in [9.17, 15) is 13.6 Å². The Morgan fingerprint density at radius 3 is 2.12 bits per heavy atom. The molecule has 0 radical (unpaired) electrons. The van der Waals surface area contributed by atoms with Crippen LogP contribution >= 0.6 is 0 Å². The zero-order valence-electron chi connectivity index (χ0n) is 22.9. The number of carbonyl (C=O) groups is 1. The van der Waals surface area contributed by atoms with Gasteiger partial charge in [-0.15, -0.1) is 0 Å². The number of nitrogens with one attached hydrogen (secondary N) is 1. The molecule has 1 aliphatic heterocycles. The maximum atomic E-state index is 14.7. The molecular weight excluding hydrogens is 518 g/mol. The second kappa shape index (κ2) is 12.4. The van der Waals surface area contributed by atoms with Gasteiger partial charge < -0.3 is 24.4 Å². The number of amides is 1. The normalized spacial score (nSPS) is 11.9. The zero-order chi connectivity index (χ0) is 28.8. The fraction of sp³-hybridized carbons (Fsp3) is 0.233. The highest BCUT2D eigenvalue weighted by molar-refractivity contribution is 6.03. The lowest BCUT2D eigenvalue weighted by molar-refractivity contribution is 0.0765. The Morgan fingerprint density at radius 1 is 0.850 bits per heavy atom. The van der Waals surface area contributed by atoms with Crippen molar-refractivity contribution >= 4 is 17.4 Å². The molecule has 0 bridgehead atoms. The lowest BCUT2D eigenvalue weighted by Crippen LogP contribution is -2.24. The minimum absolute atomic E-state index is 0.117. The van der Waals surface area contributed by atoms with Crippen LogP contribution in [0.15, 0.2) is 60.7 Å². The Bertz CT molecular complexity index is 1490. The summed E-state index contributed by atoms with van der Waals surface area (Å²) in [5.74, 6) is -0.115. The van der Waals surface area contributed by atoms with E-state index in [1.807, 2.05) is 19.9 Å². The molecule has 208 valence electrons. The van der Waals surface area contributed by atoms with Gasteiger partial charge in [0.2, 0.25) is 0 Å². The predicted octanol–water partition coefficient (Wildman–Crippen LogP) is 6.37. The summed E-state index contributed by atoms with van der Waals surface area (Å²) in [5, 5.41) is 3.12. The monoisotopic (exact) mass is 548 g/mol. The SMILES string of the molecule is CC.COc1ccc(Nc2nc(-c3c(F)cccc3F)nc3c2C(=O)N(Cc2ccc(OC)cc2OC)C3)cc1. The number of hydrogen-bond donors (Lipinski definition) is 1. The first-order valence-corrected chi connectivity index (χ1v) is 12.7. The second-order valence-corrected chi connectivity index (χ2v) is 8.51. The second-order valence-electron chi connectivity index (χ2n) is 8.51. The van der Waals surface area contributed by atoms with E-state index in [4.69, 9.17) is 14.2 Å². The summed E-state index contributed by atoms with van der Waals surface area (Å²) in [7, 11) is 4.65.